The maximum Gasteiger partial charge on any atom is 0.237 e. The van der Waals surface area contributed by atoms with Crippen LogP contribution < -0.4 is 11.5 Å². The van der Waals surface area contributed by atoms with Gasteiger partial charge in [-0.3, -0.25) is 4.79 Å². The zero-order valence-corrected chi connectivity index (χ0v) is 14.4. The zero-order chi connectivity index (χ0) is 16.1. The van der Waals surface area contributed by atoms with Crippen molar-refractivity contribution in [1.29, 1.82) is 0 Å². The second-order valence-electron chi connectivity index (χ2n) is 6.86. The maximum absolute atomic E-state index is 11.1. The molecular weight excluding hydrogens is 280 g/mol. The summed E-state index contributed by atoms with van der Waals surface area (Å²) >= 11 is 1.84. The summed E-state index contributed by atoms with van der Waals surface area (Å²) in [4.78, 5) is 12.4. The average Bonchev–Trinajstić information content (AvgIpc) is 2.37. The molecule has 21 heavy (non-hydrogen) atoms. The Labute approximate surface area is 132 Å². The number of hydrogen-bond acceptors (Lipinski definition) is 3. The summed E-state index contributed by atoms with van der Waals surface area (Å²) in [5.41, 5.74) is 11.8. The average molecular weight is 308 g/mol. The van der Waals surface area contributed by atoms with Gasteiger partial charge in [0, 0.05) is 4.90 Å². The quantitative estimate of drug-likeness (QED) is 0.599. The van der Waals surface area contributed by atoms with Crippen LogP contribution in [0.5, 0.6) is 0 Å². The largest absolute Gasteiger partial charge is 0.368 e. The lowest BCUT2D eigenvalue weighted by Crippen LogP contribution is -2.49. The standard InChI is InChI=1S/C17H28N2OS/c1-16(2,3)13-7-9-14(10-8-13)21-12-6-5-11-17(4,19)15(18)20/h7-10H,5-6,11-12,19H2,1-4H3,(H2,18,20). The second kappa shape index (κ2) is 7.32. The molecule has 1 rings (SSSR count). The molecule has 0 saturated heterocycles. The van der Waals surface area contributed by atoms with Crippen LogP contribution in [0.3, 0.4) is 0 Å². The van der Waals surface area contributed by atoms with Gasteiger partial charge in [-0.1, -0.05) is 39.3 Å². The van der Waals surface area contributed by atoms with E-state index in [1.165, 1.54) is 10.5 Å². The fourth-order valence-corrected chi connectivity index (χ4v) is 2.87. The van der Waals surface area contributed by atoms with Gasteiger partial charge in [0.05, 0.1) is 5.54 Å². The Morgan fingerprint density at radius 2 is 1.67 bits per heavy atom. The first-order chi connectivity index (χ1) is 9.63. The van der Waals surface area contributed by atoms with Crippen LogP contribution in [0, 0.1) is 0 Å². The van der Waals surface area contributed by atoms with Gasteiger partial charge in [0.25, 0.3) is 0 Å². The second-order valence-corrected chi connectivity index (χ2v) is 8.03. The lowest BCUT2D eigenvalue weighted by Gasteiger charge is -2.20. The van der Waals surface area contributed by atoms with Crippen LogP contribution in [0.4, 0.5) is 0 Å². The SMILES string of the molecule is CC(N)(CCCCSc1ccc(C(C)(C)C)cc1)C(N)=O. The predicted octanol–water partition coefficient (Wildman–Crippen LogP) is 3.45. The molecule has 0 heterocycles. The van der Waals surface area contributed by atoms with Crippen LogP contribution in [-0.2, 0) is 10.2 Å². The molecular formula is C17H28N2OS. The van der Waals surface area contributed by atoms with Crippen molar-refractivity contribution in [2.45, 2.75) is 62.8 Å². The van der Waals surface area contributed by atoms with Crippen molar-refractivity contribution in [3.8, 4) is 0 Å². The minimum Gasteiger partial charge on any atom is -0.368 e. The van der Waals surface area contributed by atoms with Gasteiger partial charge in [-0.25, -0.2) is 0 Å². The number of rotatable bonds is 7. The molecule has 1 unspecified atom stereocenters. The van der Waals surface area contributed by atoms with Gasteiger partial charge in [0.1, 0.15) is 0 Å². The minimum atomic E-state index is -0.876. The van der Waals surface area contributed by atoms with Crippen molar-refractivity contribution in [1.82, 2.24) is 0 Å². The third-order valence-electron chi connectivity index (χ3n) is 3.64. The number of benzene rings is 1. The molecule has 0 bridgehead atoms. The minimum absolute atomic E-state index is 0.198. The smallest absolute Gasteiger partial charge is 0.237 e. The Balaban J connectivity index is 2.32. The van der Waals surface area contributed by atoms with Crippen molar-refractivity contribution in [2.75, 3.05) is 5.75 Å². The van der Waals surface area contributed by atoms with Gasteiger partial charge in [-0.05, 0) is 48.6 Å². The molecule has 0 spiro atoms. The summed E-state index contributed by atoms with van der Waals surface area (Å²) in [6.07, 6.45) is 2.60. The van der Waals surface area contributed by atoms with Crippen LogP contribution in [-0.4, -0.2) is 17.2 Å². The first-order valence-electron chi connectivity index (χ1n) is 7.45. The predicted molar refractivity (Wildman–Crippen MR) is 91.5 cm³/mol. The van der Waals surface area contributed by atoms with E-state index in [-0.39, 0.29) is 5.41 Å². The Kier molecular flexibility index (Phi) is 6.29. The maximum atomic E-state index is 11.1. The fraction of sp³-hybridized carbons (Fsp3) is 0.588. The number of nitrogens with two attached hydrogens (primary N) is 2. The summed E-state index contributed by atoms with van der Waals surface area (Å²) in [7, 11) is 0. The molecule has 118 valence electrons. The number of carbonyl (C=O) groups is 1. The molecule has 1 amide bonds. The molecule has 0 aliphatic rings. The Bertz CT molecular complexity index is 461. The molecule has 1 aromatic carbocycles. The van der Waals surface area contributed by atoms with E-state index in [2.05, 4.69) is 45.0 Å². The first kappa shape index (κ1) is 18.1. The van der Waals surface area contributed by atoms with Gasteiger partial charge in [-0.15, -0.1) is 11.8 Å². The van der Waals surface area contributed by atoms with Crippen molar-refractivity contribution in [3.05, 3.63) is 29.8 Å². The molecule has 0 fully saturated rings. The molecule has 1 atom stereocenters. The first-order valence-corrected chi connectivity index (χ1v) is 8.43. The highest BCUT2D eigenvalue weighted by atomic mass is 32.2. The zero-order valence-electron chi connectivity index (χ0n) is 13.6. The fourth-order valence-electron chi connectivity index (χ4n) is 1.96. The number of primary amides is 1. The normalized spacial score (nSPS) is 14.7. The molecule has 4 N–H and O–H groups in total. The van der Waals surface area contributed by atoms with Crippen molar-refractivity contribution in [2.24, 2.45) is 11.5 Å². The summed E-state index contributed by atoms with van der Waals surface area (Å²) in [6.45, 7) is 8.36. The number of thioether (sulfide) groups is 1. The molecule has 1 aromatic rings. The Morgan fingerprint density at radius 3 is 2.14 bits per heavy atom. The van der Waals surface area contributed by atoms with Crippen LogP contribution >= 0.6 is 11.8 Å². The number of hydrogen-bond donors (Lipinski definition) is 2. The summed E-state index contributed by atoms with van der Waals surface area (Å²) < 4.78 is 0. The van der Waals surface area contributed by atoms with Crippen LogP contribution in [0.2, 0.25) is 0 Å². The number of amides is 1. The Morgan fingerprint density at radius 1 is 1.10 bits per heavy atom. The van der Waals surface area contributed by atoms with E-state index in [1.807, 2.05) is 11.8 Å². The molecule has 3 nitrogen and oxygen atoms in total. The lowest BCUT2D eigenvalue weighted by molar-refractivity contribution is -0.122. The van der Waals surface area contributed by atoms with E-state index in [0.29, 0.717) is 6.42 Å². The van der Waals surface area contributed by atoms with Crippen LogP contribution in [0.25, 0.3) is 0 Å². The van der Waals surface area contributed by atoms with Gasteiger partial charge in [0.15, 0.2) is 0 Å². The van der Waals surface area contributed by atoms with Crippen molar-refractivity contribution < 1.29 is 4.79 Å². The van der Waals surface area contributed by atoms with Gasteiger partial charge in [-0.2, -0.15) is 0 Å². The topological polar surface area (TPSA) is 69.1 Å². The highest BCUT2D eigenvalue weighted by molar-refractivity contribution is 7.99. The lowest BCUT2D eigenvalue weighted by atomic mass is 9.87. The molecule has 0 aromatic heterocycles. The van der Waals surface area contributed by atoms with Crippen molar-refractivity contribution >= 4 is 17.7 Å². The Hall–Kier alpha value is -1.00. The summed E-state index contributed by atoms with van der Waals surface area (Å²) in [6, 6.07) is 8.77. The number of unbranched alkanes of at least 4 members (excludes halogenated alkanes) is 1. The molecule has 0 radical (unpaired) electrons. The highest BCUT2D eigenvalue weighted by Crippen LogP contribution is 2.26. The summed E-state index contributed by atoms with van der Waals surface area (Å²) in [5, 5.41) is 0. The summed E-state index contributed by atoms with van der Waals surface area (Å²) in [5.74, 6) is 0.608. The van der Waals surface area contributed by atoms with E-state index in [9.17, 15) is 4.79 Å². The van der Waals surface area contributed by atoms with Crippen molar-refractivity contribution in [3.63, 3.8) is 0 Å². The molecule has 0 aliphatic heterocycles. The molecule has 0 aliphatic carbocycles. The molecule has 0 saturated carbocycles. The van der Waals surface area contributed by atoms with Crippen LogP contribution in [0.15, 0.2) is 29.2 Å². The van der Waals surface area contributed by atoms with Gasteiger partial charge >= 0.3 is 0 Å². The highest BCUT2D eigenvalue weighted by Gasteiger charge is 2.24. The number of carbonyl (C=O) groups excluding carboxylic acids is 1. The van der Waals surface area contributed by atoms with E-state index in [1.54, 1.807) is 6.92 Å². The molecule has 4 heteroatoms. The van der Waals surface area contributed by atoms with Gasteiger partial charge < -0.3 is 11.5 Å². The van der Waals surface area contributed by atoms with E-state index < -0.39 is 11.4 Å². The van der Waals surface area contributed by atoms with E-state index in [4.69, 9.17) is 11.5 Å². The third-order valence-corrected chi connectivity index (χ3v) is 4.74. The van der Waals surface area contributed by atoms with Crippen LogP contribution in [0.1, 0.15) is 52.5 Å². The van der Waals surface area contributed by atoms with Gasteiger partial charge in [0.2, 0.25) is 5.91 Å². The van der Waals surface area contributed by atoms with E-state index >= 15 is 0 Å². The van der Waals surface area contributed by atoms with E-state index in [0.717, 1.165) is 18.6 Å². The monoisotopic (exact) mass is 308 g/mol. The third kappa shape index (κ3) is 6.10.